The lowest BCUT2D eigenvalue weighted by Gasteiger charge is -2.19. The molecule has 3 amide bonds. The molecular weight excluding hydrogens is 322 g/mol. The summed E-state index contributed by atoms with van der Waals surface area (Å²) in [6.45, 7) is 10.6. The van der Waals surface area contributed by atoms with Gasteiger partial charge in [-0.25, -0.2) is 4.79 Å². The molecule has 0 aliphatic rings. The third-order valence-corrected chi connectivity index (χ3v) is 2.86. The van der Waals surface area contributed by atoms with Crippen LogP contribution in [0.4, 0.5) is 16.2 Å². The first-order valence-corrected chi connectivity index (χ1v) is 7.91. The maximum atomic E-state index is 12.0. The van der Waals surface area contributed by atoms with Crippen LogP contribution in [0.5, 0.6) is 0 Å². The Morgan fingerprint density at radius 2 is 1.64 bits per heavy atom. The van der Waals surface area contributed by atoms with Crippen molar-refractivity contribution < 1.29 is 19.1 Å². The number of ether oxygens (including phenoxy) is 1. The second kappa shape index (κ2) is 8.86. The molecule has 1 aromatic carbocycles. The SMILES string of the molecule is C=C(C)C(=O)Nc1ccccc1NC(=O)CCNC(=O)OC(C)(C)C. The highest BCUT2D eigenvalue weighted by atomic mass is 16.6. The summed E-state index contributed by atoms with van der Waals surface area (Å²) in [4.78, 5) is 35.3. The zero-order chi connectivity index (χ0) is 19.0. The summed E-state index contributed by atoms with van der Waals surface area (Å²) in [5, 5.41) is 7.89. The Balaban J connectivity index is 2.53. The molecular formula is C18H25N3O4. The van der Waals surface area contributed by atoms with Gasteiger partial charge >= 0.3 is 6.09 Å². The summed E-state index contributed by atoms with van der Waals surface area (Å²) in [5.41, 5.74) is 0.721. The number of hydrogen-bond acceptors (Lipinski definition) is 4. The van der Waals surface area contributed by atoms with Gasteiger partial charge in [-0.2, -0.15) is 0 Å². The number of anilines is 2. The molecule has 0 bridgehead atoms. The van der Waals surface area contributed by atoms with Gasteiger partial charge in [0, 0.05) is 18.5 Å². The summed E-state index contributed by atoms with van der Waals surface area (Å²) >= 11 is 0. The summed E-state index contributed by atoms with van der Waals surface area (Å²) in [7, 11) is 0. The van der Waals surface area contributed by atoms with Gasteiger partial charge in [-0.05, 0) is 39.8 Å². The minimum Gasteiger partial charge on any atom is -0.444 e. The van der Waals surface area contributed by atoms with Crippen molar-refractivity contribution in [1.29, 1.82) is 0 Å². The topological polar surface area (TPSA) is 96.5 Å². The van der Waals surface area contributed by atoms with Crippen LogP contribution in [-0.4, -0.2) is 30.1 Å². The lowest BCUT2D eigenvalue weighted by Crippen LogP contribution is -2.34. The van der Waals surface area contributed by atoms with E-state index in [1.165, 1.54) is 0 Å². The largest absolute Gasteiger partial charge is 0.444 e. The Bertz CT molecular complexity index is 663. The maximum Gasteiger partial charge on any atom is 0.407 e. The van der Waals surface area contributed by atoms with Crippen LogP contribution in [0.2, 0.25) is 0 Å². The van der Waals surface area contributed by atoms with Crippen LogP contribution in [0.25, 0.3) is 0 Å². The van der Waals surface area contributed by atoms with Crippen molar-refractivity contribution in [2.24, 2.45) is 0 Å². The summed E-state index contributed by atoms with van der Waals surface area (Å²) < 4.78 is 5.09. The molecule has 0 aliphatic carbocycles. The number of carbonyl (C=O) groups is 3. The first kappa shape index (κ1) is 20.2. The Morgan fingerprint density at radius 3 is 2.16 bits per heavy atom. The fourth-order valence-electron chi connectivity index (χ4n) is 1.74. The monoisotopic (exact) mass is 347 g/mol. The predicted molar refractivity (Wildman–Crippen MR) is 97.4 cm³/mol. The Kier molecular flexibility index (Phi) is 7.17. The number of hydrogen-bond donors (Lipinski definition) is 3. The highest BCUT2D eigenvalue weighted by Crippen LogP contribution is 2.21. The van der Waals surface area contributed by atoms with E-state index in [4.69, 9.17) is 4.74 Å². The number of amides is 3. The Hall–Kier alpha value is -2.83. The minimum absolute atomic E-state index is 0.0714. The van der Waals surface area contributed by atoms with Gasteiger partial charge in [0.1, 0.15) is 5.60 Å². The second-order valence-electron chi connectivity index (χ2n) is 6.51. The van der Waals surface area contributed by atoms with Crippen LogP contribution in [0.3, 0.4) is 0 Å². The molecule has 0 heterocycles. The first-order chi connectivity index (χ1) is 11.6. The smallest absolute Gasteiger partial charge is 0.407 e. The normalized spacial score (nSPS) is 10.6. The molecule has 0 spiro atoms. The standard InChI is InChI=1S/C18H25N3O4/c1-12(2)16(23)21-14-9-7-6-8-13(14)20-15(22)10-11-19-17(24)25-18(3,4)5/h6-9H,1,10-11H2,2-5H3,(H,19,24)(H,20,22)(H,21,23). The number of benzene rings is 1. The van der Waals surface area contributed by atoms with Crippen molar-refractivity contribution in [2.45, 2.75) is 39.7 Å². The molecule has 7 nitrogen and oxygen atoms in total. The summed E-state index contributed by atoms with van der Waals surface area (Å²) in [6.07, 6.45) is -0.503. The molecule has 3 N–H and O–H groups in total. The molecule has 0 aliphatic heterocycles. The average Bonchev–Trinajstić information content (AvgIpc) is 2.47. The maximum absolute atomic E-state index is 12.0. The highest BCUT2D eigenvalue weighted by Gasteiger charge is 2.16. The Morgan fingerprint density at radius 1 is 1.08 bits per heavy atom. The van der Waals surface area contributed by atoms with Crippen LogP contribution in [0.1, 0.15) is 34.1 Å². The summed E-state index contributed by atoms with van der Waals surface area (Å²) in [5.74, 6) is -0.624. The van der Waals surface area contributed by atoms with Crippen molar-refractivity contribution in [3.8, 4) is 0 Å². The fourth-order valence-corrected chi connectivity index (χ4v) is 1.74. The Labute approximate surface area is 147 Å². The molecule has 0 fully saturated rings. The third-order valence-electron chi connectivity index (χ3n) is 2.86. The number of nitrogens with one attached hydrogen (secondary N) is 3. The quantitative estimate of drug-likeness (QED) is 0.689. The van der Waals surface area contributed by atoms with E-state index < -0.39 is 11.7 Å². The van der Waals surface area contributed by atoms with Crippen LogP contribution < -0.4 is 16.0 Å². The van der Waals surface area contributed by atoms with Crippen molar-refractivity contribution in [1.82, 2.24) is 5.32 Å². The van der Waals surface area contributed by atoms with Crippen LogP contribution in [-0.2, 0) is 14.3 Å². The molecule has 7 heteroatoms. The van der Waals surface area contributed by atoms with E-state index in [1.54, 1.807) is 52.0 Å². The van der Waals surface area contributed by atoms with Gasteiger partial charge in [0.2, 0.25) is 5.91 Å². The molecule has 1 aromatic rings. The van der Waals surface area contributed by atoms with Gasteiger partial charge in [-0.3, -0.25) is 9.59 Å². The molecule has 0 atom stereocenters. The minimum atomic E-state index is -0.591. The van der Waals surface area contributed by atoms with E-state index in [-0.39, 0.29) is 24.8 Å². The van der Waals surface area contributed by atoms with Gasteiger partial charge in [0.15, 0.2) is 0 Å². The number of para-hydroxylation sites is 2. The number of rotatable bonds is 6. The van der Waals surface area contributed by atoms with Gasteiger partial charge in [0.25, 0.3) is 5.91 Å². The van der Waals surface area contributed by atoms with Gasteiger partial charge < -0.3 is 20.7 Å². The van der Waals surface area contributed by atoms with E-state index in [2.05, 4.69) is 22.5 Å². The molecule has 0 radical (unpaired) electrons. The molecule has 1 rings (SSSR count). The van der Waals surface area contributed by atoms with Crippen molar-refractivity contribution in [3.63, 3.8) is 0 Å². The van der Waals surface area contributed by atoms with E-state index in [9.17, 15) is 14.4 Å². The van der Waals surface area contributed by atoms with Crippen molar-refractivity contribution in [3.05, 3.63) is 36.4 Å². The van der Waals surface area contributed by atoms with Gasteiger partial charge in [-0.15, -0.1) is 0 Å². The van der Waals surface area contributed by atoms with Crippen molar-refractivity contribution in [2.75, 3.05) is 17.2 Å². The molecule has 0 unspecified atom stereocenters. The van der Waals surface area contributed by atoms with Crippen molar-refractivity contribution >= 4 is 29.3 Å². The zero-order valence-corrected chi connectivity index (χ0v) is 15.1. The lowest BCUT2D eigenvalue weighted by atomic mass is 10.2. The average molecular weight is 347 g/mol. The van der Waals surface area contributed by atoms with Gasteiger partial charge in [-0.1, -0.05) is 18.7 Å². The van der Waals surface area contributed by atoms with Crippen LogP contribution in [0, 0.1) is 0 Å². The first-order valence-electron chi connectivity index (χ1n) is 7.91. The van der Waals surface area contributed by atoms with E-state index in [0.29, 0.717) is 16.9 Å². The summed E-state index contributed by atoms with van der Waals surface area (Å²) in [6, 6.07) is 6.83. The molecule has 0 saturated heterocycles. The van der Waals surface area contributed by atoms with Crippen LogP contribution in [0.15, 0.2) is 36.4 Å². The van der Waals surface area contributed by atoms with E-state index in [0.717, 1.165) is 0 Å². The number of alkyl carbamates (subject to hydrolysis) is 1. The molecule has 136 valence electrons. The second-order valence-corrected chi connectivity index (χ2v) is 6.51. The fraction of sp³-hybridized carbons (Fsp3) is 0.389. The van der Waals surface area contributed by atoms with Gasteiger partial charge in [0.05, 0.1) is 11.4 Å². The predicted octanol–water partition coefficient (Wildman–Crippen LogP) is 3.05. The van der Waals surface area contributed by atoms with E-state index >= 15 is 0 Å². The third kappa shape index (κ3) is 8.01. The highest BCUT2D eigenvalue weighted by molar-refractivity contribution is 6.06. The van der Waals surface area contributed by atoms with Crippen LogP contribution >= 0.6 is 0 Å². The number of carbonyl (C=O) groups excluding carboxylic acids is 3. The zero-order valence-electron chi connectivity index (χ0n) is 15.1. The van der Waals surface area contributed by atoms with E-state index in [1.807, 2.05) is 0 Å². The molecule has 0 aromatic heterocycles. The lowest BCUT2D eigenvalue weighted by molar-refractivity contribution is -0.116. The molecule has 25 heavy (non-hydrogen) atoms. The molecule has 0 saturated carbocycles.